The van der Waals surface area contributed by atoms with Crippen molar-refractivity contribution in [2.45, 2.75) is 18.9 Å². The predicted molar refractivity (Wildman–Crippen MR) is 88.8 cm³/mol. The lowest BCUT2D eigenvalue weighted by molar-refractivity contribution is 0.228. The molecule has 1 aliphatic rings. The van der Waals surface area contributed by atoms with Crippen LogP contribution in [0.15, 0.2) is 42.5 Å². The van der Waals surface area contributed by atoms with E-state index in [0.29, 0.717) is 6.04 Å². The van der Waals surface area contributed by atoms with Gasteiger partial charge in [-0.2, -0.15) is 0 Å². The van der Waals surface area contributed by atoms with E-state index >= 15 is 0 Å². The molecule has 0 spiro atoms. The van der Waals surface area contributed by atoms with Gasteiger partial charge < -0.3 is 9.47 Å². The lowest BCUT2D eigenvalue weighted by atomic mass is 9.88. The minimum absolute atomic E-state index is 0.381. The van der Waals surface area contributed by atoms with E-state index in [0.717, 1.165) is 30.9 Å². The minimum atomic E-state index is 0.381. The molecule has 0 saturated carbocycles. The van der Waals surface area contributed by atoms with Crippen molar-refractivity contribution in [1.29, 1.82) is 0 Å². The Bertz CT molecular complexity index is 639. The monoisotopic (exact) mass is 297 g/mol. The topological polar surface area (TPSA) is 21.7 Å². The number of fused-ring (bicyclic) bond motifs is 1. The number of methoxy groups -OCH3 is 2. The largest absolute Gasteiger partial charge is 0.493 e. The van der Waals surface area contributed by atoms with Crippen LogP contribution in [0.3, 0.4) is 0 Å². The molecule has 2 aromatic carbocycles. The van der Waals surface area contributed by atoms with Crippen molar-refractivity contribution in [3.63, 3.8) is 0 Å². The van der Waals surface area contributed by atoms with Crippen LogP contribution in [-0.4, -0.2) is 32.7 Å². The maximum absolute atomic E-state index is 5.49. The zero-order valence-electron chi connectivity index (χ0n) is 13.5. The molecule has 3 nitrogen and oxygen atoms in total. The number of likely N-dealkylation sites (N-methyl/N-ethyl adjacent to an activating group) is 1. The lowest BCUT2D eigenvalue weighted by Gasteiger charge is -2.35. The molecule has 0 N–H and O–H groups in total. The number of benzene rings is 2. The van der Waals surface area contributed by atoms with E-state index in [2.05, 4.69) is 54.4 Å². The Morgan fingerprint density at radius 1 is 1.05 bits per heavy atom. The van der Waals surface area contributed by atoms with Gasteiger partial charge in [0.25, 0.3) is 0 Å². The van der Waals surface area contributed by atoms with Gasteiger partial charge in [-0.3, -0.25) is 4.90 Å². The summed E-state index contributed by atoms with van der Waals surface area (Å²) in [5.74, 6) is 1.64. The molecular formula is C19H23NO2. The molecule has 3 rings (SSSR count). The summed E-state index contributed by atoms with van der Waals surface area (Å²) < 4.78 is 10.9. The Balaban J connectivity index is 1.98. The highest BCUT2D eigenvalue weighted by atomic mass is 16.5. The fourth-order valence-corrected chi connectivity index (χ4v) is 3.26. The van der Waals surface area contributed by atoms with E-state index in [4.69, 9.17) is 9.47 Å². The Kier molecular flexibility index (Phi) is 4.34. The van der Waals surface area contributed by atoms with Crippen molar-refractivity contribution in [2.75, 3.05) is 27.8 Å². The maximum atomic E-state index is 5.49. The van der Waals surface area contributed by atoms with Crippen LogP contribution in [0.4, 0.5) is 0 Å². The van der Waals surface area contributed by atoms with E-state index in [1.54, 1.807) is 14.2 Å². The van der Waals surface area contributed by atoms with Gasteiger partial charge in [0.2, 0.25) is 0 Å². The third-order valence-electron chi connectivity index (χ3n) is 4.54. The standard InChI is InChI=1S/C19H23NO2/c1-20-10-9-15-12-18(21-2)19(22-3)13-16(15)17(20)11-14-7-5-4-6-8-14/h4-8,12-13,17H,9-11H2,1-3H3/t17-/m1/s1. The fourth-order valence-electron chi connectivity index (χ4n) is 3.26. The summed E-state index contributed by atoms with van der Waals surface area (Å²) in [6, 6.07) is 15.3. The second-order valence-corrected chi connectivity index (χ2v) is 5.84. The van der Waals surface area contributed by atoms with Crippen LogP contribution in [0.2, 0.25) is 0 Å². The second kappa shape index (κ2) is 6.41. The molecule has 1 atom stereocenters. The molecule has 0 radical (unpaired) electrons. The van der Waals surface area contributed by atoms with Crippen LogP contribution in [0, 0.1) is 0 Å². The van der Waals surface area contributed by atoms with Crippen LogP contribution in [-0.2, 0) is 12.8 Å². The van der Waals surface area contributed by atoms with Crippen LogP contribution >= 0.6 is 0 Å². The SMILES string of the molecule is COc1cc2c(cc1OC)[C@@H](Cc1ccccc1)N(C)CC2. The molecule has 22 heavy (non-hydrogen) atoms. The minimum Gasteiger partial charge on any atom is -0.493 e. The van der Waals surface area contributed by atoms with E-state index in [-0.39, 0.29) is 0 Å². The molecular weight excluding hydrogens is 274 g/mol. The lowest BCUT2D eigenvalue weighted by Crippen LogP contribution is -2.33. The van der Waals surface area contributed by atoms with E-state index in [1.807, 2.05) is 0 Å². The normalized spacial score (nSPS) is 17.9. The first-order valence-corrected chi connectivity index (χ1v) is 7.72. The molecule has 0 unspecified atom stereocenters. The van der Waals surface area contributed by atoms with Gasteiger partial charge in [-0.1, -0.05) is 30.3 Å². The second-order valence-electron chi connectivity index (χ2n) is 5.84. The van der Waals surface area contributed by atoms with Crippen molar-refractivity contribution >= 4 is 0 Å². The van der Waals surface area contributed by atoms with Crippen molar-refractivity contribution in [1.82, 2.24) is 4.90 Å². The summed E-state index contributed by atoms with van der Waals surface area (Å²) in [6.45, 7) is 1.07. The van der Waals surface area contributed by atoms with Gasteiger partial charge in [0.15, 0.2) is 11.5 Å². The Labute approximate surface area is 132 Å². The quantitative estimate of drug-likeness (QED) is 0.862. The molecule has 0 saturated heterocycles. The number of ether oxygens (including phenoxy) is 2. The molecule has 0 aromatic heterocycles. The summed E-state index contributed by atoms with van der Waals surface area (Å²) in [6.07, 6.45) is 2.07. The Hall–Kier alpha value is -2.00. The van der Waals surface area contributed by atoms with Crippen molar-refractivity contribution < 1.29 is 9.47 Å². The Morgan fingerprint density at radius 3 is 2.41 bits per heavy atom. The summed E-state index contributed by atoms with van der Waals surface area (Å²) >= 11 is 0. The smallest absolute Gasteiger partial charge is 0.161 e. The number of rotatable bonds is 4. The predicted octanol–water partition coefficient (Wildman–Crippen LogP) is 3.48. The van der Waals surface area contributed by atoms with Crippen LogP contribution < -0.4 is 9.47 Å². The van der Waals surface area contributed by atoms with E-state index in [1.165, 1.54) is 16.7 Å². The molecule has 3 heteroatoms. The van der Waals surface area contributed by atoms with Crippen LogP contribution in [0.25, 0.3) is 0 Å². The highest BCUT2D eigenvalue weighted by Gasteiger charge is 2.26. The van der Waals surface area contributed by atoms with Crippen molar-refractivity contribution in [2.24, 2.45) is 0 Å². The van der Waals surface area contributed by atoms with Gasteiger partial charge >= 0.3 is 0 Å². The average Bonchev–Trinajstić information content (AvgIpc) is 2.57. The molecule has 0 fully saturated rings. The highest BCUT2D eigenvalue weighted by molar-refractivity contribution is 5.49. The summed E-state index contributed by atoms with van der Waals surface area (Å²) in [5, 5.41) is 0. The van der Waals surface area contributed by atoms with Gasteiger partial charge in [0.1, 0.15) is 0 Å². The summed E-state index contributed by atoms with van der Waals surface area (Å²) in [5.41, 5.74) is 4.09. The maximum Gasteiger partial charge on any atom is 0.161 e. The number of nitrogens with zero attached hydrogens (tertiary/aromatic N) is 1. The van der Waals surface area contributed by atoms with Crippen molar-refractivity contribution in [3.05, 3.63) is 59.2 Å². The summed E-state index contributed by atoms with van der Waals surface area (Å²) in [7, 11) is 5.59. The third-order valence-corrected chi connectivity index (χ3v) is 4.54. The fraction of sp³-hybridized carbons (Fsp3) is 0.368. The van der Waals surface area contributed by atoms with Gasteiger partial charge in [0, 0.05) is 12.6 Å². The highest BCUT2D eigenvalue weighted by Crippen LogP contribution is 2.38. The first-order valence-electron chi connectivity index (χ1n) is 7.72. The first-order chi connectivity index (χ1) is 10.7. The van der Waals surface area contributed by atoms with Crippen molar-refractivity contribution in [3.8, 4) is 11.5 Å². The van der Waals surface area contributed by atoms with Gasteiger partial charge in [-0.05, 0) is 48.7 Å². The molecule has 0 aliphatic carbocycles. The molecule has 2 aromatic rings. The molecule has 0 amide bonds. The van der Waals surface area contributed by atoms with Crippen LogP contribution in [0.5, 0.6) is 11.5 Å². The van der Waals surface area contributed by atoms with Crippen LogP contribution in [0.1, 0.15) is 22.7 Å². The van der Waals surface area contributed by atoms with E-state index < -0.39 is 0 Å². The molecule has 116 valence electrons. The molecule has 1 heterocycles. The number of hydrogen-bond donors (Lipinski definition) is 0. The Morgan fingerprint density at radius 2 is 1.73 bits per heavy atom. The third kappa shape index (κ3) is 2.81. The van der Waals surface area contributed by atoms with Gasteiger partial charge in [0.05, 0.1) is 14.2 Å². The zero-order chi connectivity index (χ0) is 15.5. The first kappa shape index (κ1) is 14.9. The molecule has 0 bridgehead atoms. The van der Waals surface area contributed by atoms with E-state index in [9.17, 15) is 0 Å². The average molecular weight is 297 g/mol. The zero-order valence-corrected chi connectivity index (χ0v) is 13.5. The van der Waals surface area contributed by atoms with Gasteiger partial charge in [-0.15, -0.1) is 0 Å². The number of hydrogen-bond acceptors (Lipinski definition) is 3. The van der Waals surface area contributed by atoms with Gasteiger partial charge in [-0.25, -0.2) is 0 Å². The summed E-state index contributed by atoms with van der Waals surface area (Å²) in [4.78, 5) is 2.43. The molecule has 1 aliphatic heterocycles.